The van der Waals surface area contributed by atoms with Gasteiger partial charge in [0.05, 0.1) is 5.52 Å². The summed E-state index contributed by atoms with van der Waals surface area (Å²) in [6.07, 6.45) is 3.67. The van der Waals surface area contributed by atoms with Crippen LogP contribution in [0.5, 0.6) is 0 Å². The van der Waals surface area contributed by atoms with Crippen LogP contribution in [0, 0.1) is 6.92 Å². The summed E-state index contributed by atoms with van der Waals surface area (Å²) in [5, 5.41) is 2.11. The van der Waals surface area contributed by atoms with Crippen molar-refractivity contribution in [1.29, 1.82) is 0 Å². The van der Waals surface area contributed by atoms with Crippen molar-refractivity contribution in [3.63, 3.8) is 0 Å². The molecule has 2 heterocycles. The molecule has 0 aliphatic heterocycles. The molecule has 3 heteroatoms. The van der Waals surface area contributed by atoms with Crippen LogP contribution in [0.3, 0.4) is 0 Å². The lowest BCUT2D eigenvalue weighted by Crippen LogP contribution is -1.92. The molecule has 0 radical (unpaired) electrons. The monoisotopic (exact) mass is 271 g/mol. The molecule has 0 aliphatic rings. The molecule has 2 aromatic carbocycles. The van der Waals surface area contributed by atoms with Crippen LogP contribution in [0.1, 0.15) is 5.56 Å². The number of aryl methyl sites for hydroxylation is 1. The van der Waals surface area contributed by atoms with E-state index in [1.165, 1.54) is 5.56 Å². The fraction of sp³-hybridized carbons (Fsp3) is 0.0556. The Balaban J connectivity index is 2.00. The molecule has 21 heavy (non-hydrogen) atoms. The average Bonchev–Trinajstić information content (AvgIpc) is 2.55. The Morgan fingerprint density at radius 1 is 0.762 bits per heavy atom. The lowest BCUT2D eigenvalue weighted by Gasteiger charge is -2.05. The third-order valence-electron chi connectivity index (χ3n) is 3.63. The summed E-state index contributed by atoms with van der Waals surface area (Å²) < 4.78 is 0. The number of aromatic nitrogens is 3. The van der Waals surface area contributed by atoms with Gasteiger partial charge in [-0.05, 0) is 13.0 Å². The second kappa shape index (κ2) is 4.63. The lowest BCUT2D eigenvalue weighted by atomic mass is 10.1. The number of nitrogens with zero attached hydrogens (tertiary/aromatic N) is 3. The number of fused-ring (bicyclic) bond motifs is 3. The standard InChI is InChI=1S/C18H13N3/c1-12-4-6-14(7-5-12)18-20-11-15-9-8-13-3-2-10-19-16(13)17(15)21-18/h2-11H,1H3. The highest BCUT2D eigenvalue weighted by Crippen LogP contribution is 2.24. The van der Waals surface area contributed by atoms with Gasteiger partial charge < -0.3 is 0 Å². The van der Waals surface area contributed by atoms with Crippen LogP contribution in [-0.2, 0) is 0 Å². The minimum atomic E-state index is 0.737. The number of rotatable bonds is 1. The maximum Gasteiger partial charge on any atom is 0.159 e. The molecule has 3 nitrogen and oxygen atoms in total. The highest BCUT2D eigenvalue weighted by atomic mass is 14.9. The molecule has 2 aromatic heterocycles. The van der Waals surface area contributed by atoms with Gasteiger partial charge in [-0.15, -0.1) is 0 Å². The van der Waals surface area contributed by atoms with Crippen LogP contribution in [-0.4, -0.2) is 15.0 Å². The molecular formula is C18H13N3. The smallest absolute Gasteiger partial charge is 0.159 e. The zero-order valence-corrected chi connectivity index (χ0v) is 11.6. The maximum atomic E-state index is 4.73. The van der Waals surface area contributed by atoms with Gasteiger partial charge in [0.2, 0.25) is 0 Å². The minimum absolute atomic E-state index is 0.737. The molecule has 4 aromatic rings. The molecule has 0 fully saturated rings. The molecule has 0 saturated heterocycles. The van der Waals surface area contributed by atoms with Crippen molar-refractivity contribution in [1.82, 2.24) is 15.0 Å². The Kier molecular flexibility index (Phi) is 2.64. The quantitative estimate of drug-likeness (QED) is 0.488. The van der Waals surface area contributed by atoms with E-state index in [0.29, 0.717) is 0 Å². The van der Waals surface area contributed by atoms with Crippen molar-refractivity contribution in [2.75, 3.05) is 0 Å². The van der Waals surface area contributed by atoms with Crippen molar-refractivity contribution < 1.29 is 0 Å². The van der Waals surface area contributed by atoms with Crippen LogP contribution < -0.4 is 0 Å². The first-order chi connectivity index (χ1) is 10.3. The summed E-state index contributed by atoms with van der Waals surface area (Å²) in [4.78, 5) is 13.7. The summed E-state index contributed by atoms with van der Waals surface area (Å²) in [5.74, 6) is 0.737. The first-order valence-electron chi connectivity index (χ1n) is 6.89. The minimum Gasteiger partial charge on any atom is -0.254 e. The van der Waals surface area contributed by atoms with Gasteiger partial charge in [0.25, 0.3) is 0 Å². The van der Waals surface area contributed by atoms with Crippen molar-refractivity contribution in [2.24, 2.45) is 0 Å². The Bertz CT molecular complexity index is 943. The van der Waals surface area contributed by atoms with Gasteiger partial charge in [-0.3, -0.25) is 4.98 Å². The van der Waals surface area contributed by atoms with Crippen LogP contribution in [0.25, 0.3) is 33.2 Å². The number of hydrogen-bond donors (Lipinski definition) is 0. The van der Waals surface area contributed by atoms with Crippen LogP contribution in [0.15, 0.2) is 60.9 Å². The molecule has 0 atom stereocenters. The molecule has 0 amide bonds. The van der Waals surface area contributed by atoms with E-state index >= 15 is 0 Å². The van der Waals surface area contributed by atoms with Gasteiger partial charge in [-0.25, -0.2) is 9.97 Å². The van der Waals surface area contributed by atoms with Crippen molar-refractivity contribution >= 4 is 21.8 Å². The zero-order valence-electron chi connectivity index (χ0n) is 11.6. The Morgan fingerprint density at radius 2 is 1.57 bits per heavy atom. The van der Waals surface area contributed by atoms with E-state index in [2.05, 4.69) is 53.3 Å². The molecule has 0 unspecified atom stereocenters. The third kappa shape index (κ3) is 2.03. The largest absolute Gasteiger partial charge is 0.254 e. The number of hydrogen-bond acceptors (Lipinski definition) is 3. The van der Waals surface area contributed by atoms with E-state index in [1.807, 2.05) is 18.3 Å². The second-order valence-electron chi connectivity index (χ2n) is 5.14. The predicted octanol–water partition coefficient (Wildman–Crippen LogP) is 4.15. The molecule has 0 spiro atoms. The molecule has 100 valence electrons. The average molecular weight is 271 g/mol. The van der Waals surface area contributed by atoms with Gasteiger partial charge in [0, 0.05) is 28.7 Å². The molecule has 0 saturated carbocycles. The number of pyridine rings is 1. The van der Waals surface area contributed by atoms with E-state index in [4.69, 9.17) is 4.98 Å². The van der Waals surface area contributed by atoms with Gasteiger partial charge in [-0.1, -0.05) is 48.0 Å². The summed E-state index contributed by atoms with van der Waals surface area (Å²) in [5.41, 5.74) is 4.08. The predicted molar refractivity (Wildman–Crippen MR) is 85.0 cm³/mol. The van der Waals surface area contributed by atoms with Crippen LogP contribution in [0.4, 0.5) is 0 Å². The third-order valence-corrected chi connectivity index (χ3v) is 3.63. The first kappa shape index (κ1) is 12.0. The van der Waals surface area contributed by atoms with Gasteiger partial charge >= 0.3 is 0 Å². The lowest BCUT2D eigenvalue weighted by molar-refractivity contribution is 1.22. The second-order valence-corrected chi connectivity index (χ2v) is 5.14. The fourth-order valence-electron chi connectivity index (χ4n) is 2.47. The van der Waals surface area contributed by atoms with Gasteiger partial charge in [-0.2, -0.15) is 0 Å². The summed E-state index contributed by atoms with van der Waals surface area (Å²) >= 11 is 0. The van der Waals surface area contributed by atoms with Crippen LogP contribution >= 0.6 is 0 Å². The molecule has 0 N–H and O–H groups in total. The molecular weight excluding hydrogens is 258 g/mol. The Labute approximate surface area is 122 Å². The molecule has 0 aliphatic carbocycles. The first-order valence-corrected chi connectivity index (χ1v) is 6.89. The molecule has 0 bridgehead atoms. The normalized spacial score (nSPS) is 11.1. The Morgan fingerprint density at radius 3 is 2.43 bits per heavy atom. The summed E-state index contributed by atoms with van der Waals surface area (Å²) in [7, 11) is 0. The molecule has 4 rings (SSSR count). The number of benzene rings is 2. The van der Waals surface area contributed by atoms with E-state index in [0.717, 1.165) is 33.2 Å². The van der Waals surface area contributed by atoms with E-state index in [9.17, 15) is 0 Å². The van der Waals surface area contributed by atoms with E-state index < -0.39 is 0 Å². The van der Waals surface area contributed by atoms with Crippen molar-refractivity contribution in [3.05, 3.63) is 66.5 Å². The Hall–Kier alpha value is -2.81. The fourth-order valence-corrected chi connectivity index (χ4v) is 2.47. The maximum absolute atomic E-state index is 4.73. The highest BCUT2D eigenvalue weighted by molar-refractivity contribution is 6.02. The highest BCUT2D eigenvalue weighted by Gasteiger charge is 2.06. The van der Waals surface area contributed by atoms with E-state index in [-0.39, 0.29) is 0 Å². The van der Waals surface area contributed by atoms with Gasteiger partial charge in [0.15, 0.2) is 5.82 Å². The van der Waals surface area contributed by atoms with Gasteiger partial charge in [0.1, 0.15) is 5.52 Å². The topological polar surface area (TPSA) is 38.7 Å². The summed E-state index contributed by atoms with van der Waals surface area (Å²) in [6, 6.07) is 16.3. The summed E-state index contributed by atoms with van der Waals surface area (Å²) in [6.45, 7) is 2.07. The zero-order chi connectivity index (χ0) is 14.2. The SMILES string of the molecule is Cc1ccc(-c2ncc3ccc4cccnc4c3n2)cc1. The van der Waals surface area contributed by atoms with Crippen molar-refractivity contribution in [2.45, 2.75) is 6.92 Å². The van der Waals surface area contributed by atoms with Crippen molar-refractivity contribution in [3.8, 4) is 11.4 Å². The van der Waals surface area contributed by atoms with Crippen LogP contribution in [0.2, 0.25) is 0 Å². The van der Waals surface area contributed by atoms with E-state index in [1.54, 1.807) is 6.20 Å².